The van der Waals surface area contributed by atoms with Gasteiger partial charge in [0.2, 0.25) is 0 Å². The average molecular weight is 302 g/mol. The Morgan fingerprint density at radius 2 is 1.77 bits per heavy atom. The summed E-state index contributed by atoms with van der Waals surface area (Å²) in [5, 5.41) is 0. The number of hydrogen-bond donors (Lipinski definition) is 0. The maximum absolute atomic E-state index is 12.3. The van der Waals surface area contributed by atoms with E-state index >= 15 is 0 Å². The van der Waals surface area contributed by atoms with Gasteiger partial charge >= 0.3 is 5.97 Å². The maximum Gasteiger partial charge on any atom is 0.306 e. The van der Waals surface area contributed by atoms with Gasteiger partial charge in [-0.1, -0.05) is 83.2 Å². The van der Waals surface area contributed by atoms with Crippen LogP contribution in [0.1, 0.15) is 64.9 Å². The molecule has 1 atom stereocenters. The largest absolute Gasteiger partial charge is 0.461 e. The van der Waals surface area contributed by atoms with E-state index in [2.05, 4.69) is 20.8 Å². The molecule has 0 radical (unpaired) electrons. The first kappa shape index (κ1) is 17.1. The number of benzene rings is 1. The molecule has 0 aromatic heterocycles. The van der Waals surface area contributed by atoms with Gasteiger partial charge in [-0.05, 0) is 22.8 Å². The number of ether oxygens (including phenoxy) is 1. The van der Waals surface area contributed by atoms with Crippen molar-refractivity contribution in [2.75, 3.05) is 0 Å². The first-order valence-electron chi connectivity index (χ1n) is 8.66. The summed E-state index contributed by atoms with van der Waals surface area (Å²) in [7, 11) is 0. The Labute approximate surface area is 135 Å². The molecule has 0 unspecified atom stereocenters. The zero-order valence-corrected chi connectivity index (χ0v) is 14.3. The smallest absolute Gasteiger partial charge is 0.306 e. The fourth-order valence-corrected chi connectivity index (χ4v) is 3.69. The van der Waals surface area contributed by atoms with Gasteiger partial charge in [-0.3, -0.25) is 4.79 Å². The normalized spacial score (nSPS) is 18.0. The zero-order chi connectivity index (χ0) is 16.0. The summed E-state index contributed by atoms with van der Waals surface area (Å²) in [6, 6.07) is 9.92. The van der Waals surface area contributed by atoms with Crippen molar-refractivity contribution in [1.29, 1.82) is 0 Å². The van der Waals surface area contributed by atoms with Gasteiger partial charge in [0.15, 0.2) is 0 Å². The van der Waals surface area contributed by atoms with Crippen LogP contribution < -0.4 is 0 Å². The van der Waals surface area contributed by atoms with Crippen LogP contribution in [0, 0.1) is 17.3 Å². The summed E-state index contributed by atoms with van der Waals surface area (Å²) in [6.45, 7) is 7.17. The summed E-state index contributed by atoms with van der Waals surface area (Å²) >= 11 is 0. The molecule has 1 aliphatic carbocycles. The highest BCUT2D eigenvalue weighted by Crippen LogP contribution is 2.41. The minimum atomic E-state index is -0.0469. The molecule has 0 heterocycles. The highest BCUT2D eigenvalue weighted by atomic mass is 16.5. The Hall–Kier alpha value is -1.31. The Balaban J connectivity index is 1.90. The molecule has 22 heavy (non-hydrogen) atoms. The quantitative estimate of drug-likeness (QED) is 0.684. The van der Waals surface area contributed by atoms with Crippen LogP contribution in [0.15, 0.2) is 30.3 Å². The molecule has 2 rings (SSSR count). The molecule has 2 heteroatoms. The second-order valence-electron chi connectivity index (χ2n) is 7.72. The molecule has 0 aliphatic heterocycles. The van der Waals surface area contributed by atoms with Crippen LogP contribution in [0.4, 0.5) is 0 Å². The highest BCUT2D eigenvalue weighted by Gasteiger charge is 2.34. The third kappa shape index (κ3) is 5.15. The van der Waals surface area contributed by atoms with Crippen LogP contribution in [-0.4, -0.2) is 5.97 Å². The summed E-state index contributed by atoms with van der Waals surface area (Å²) in [4.78, 5) is 12.3. The lowest BCUT2D eigenvalue weighted by Gasteiger charge is -2.38. The van der Waals surface area contributed by atoms with E-state index in [1.165, 1.54) is 32.1 Å². The van der Waals surface area contributed by atoms with E-state index in [4.69, 9.17) is 4.74 Å². The summed E-state index contributed by atoms with van der Waals surface area (Å²) in [5.41, 5.74) is 1.22. The van der Waals surface area contributed by atoms with Crippen molar-refractivity contribution in [3.8, 4) is 0 Å². The van der Waals surface area contributed by atoms with Crippen molar-refractivity contribution in [1.82, 2.24) is 0 Å². The molecule has 2 nitrogen and oxygen atoms in total. The van der Waals surface area contributed by atoms with Crippen LogP contribution >= 0.6 is 0 Å². The number of carbonyl (C=O) groups is 1. The molecule has 0 N–H and O–H groups in total. The van der Waals surface area contributed by atoms with Crippen molar-refractivity contribution >= 4 is 5.97 Å². The minimum absolute atomic E-state index is 0.0469. The van der Waals surface area contributed by atoms with Crippen LogP contribution in [0.5, 0.6) is 0 Å². The second-order valence-corrected chi connectivity index (χ2v) is 7.72. The van der Waals surface area contributed by atoms with Gasteiger partial charge in [-0.25, -0.2) is 0 Å². The molecule has 0 bridgehead atoms. The van der Waals surface area contributed by atoms with Crippen LogP contribution in [-0.2, 0) is 16.1 Å². The summed E-state index contributed by atoms with van der Waals surface area (Å²) < 4.78 is 5.51. The fraction of sp³-hybridized carbons (Fsp3) is 0.650. The second kappa shape index (κ2) is 7.80. The Kier molecular flexibility index (Phi) is 6.05. The molecule has 1 fully saturated rings. The average Bonchev–Trinajstić information content (AvgIpc) is 2.51. The van der Waals surface area contributed by atoms with Gasteiger partial charge in [0.1, 0.15) is 6.61 Å². The highest BCUT2D eigenvalue weighted by molar-refractivity contribution is 5.69. The molecule has 0 saturated heterocycles. The van der Waals surface area contributed by atoms with Crippen molar-refractivity contribution in [3.05, 3.63) is 35.9 Å². The molecule has 0 amide bonds. The molecule has 1 aromatic carbocycles. The van der Waals surface area contributed by atoms with Gasteiger partial charge < -0.3 is 4.74 Å². The molecule has 1 saturated carbocycles. The van der Waals surface area contributed by atoms with Crippen LogP contribution in [0.3, 0.4) is 0 Å². The van der Waals surface area contributed by atoms with Crippen molar-refractivity contribution < 1.29 is 9.53 Å². The number of rotatable bonds is 5. The van der Waals surface area contributed by atoms with E-state index in [1.807, 2.05) is 30.3 Å². The van der Waals surface area contributed by atoms with Gasteiger partial charge in [-0.15, -0.1) is 0 Å². The van der Waals surface area contributed by atoms with Gasteiger partial charge in [0.25, 0.3) is 0 Å². The molecular weight excluding hydrogens is 272 g/mol. The topological polar surface area (TPSA) is 26.3 Å². The zero-order valence-electron chi connectivity index (χ0n) is 14.3. The Morgan fingerprint density at radius 1 is 1.14 bits per heavy atom. The SMILES string of the molecule is CC(C)(C)[C@@H](CC(=O)OCc1ccccc1)C1CCCCC1. The predicted octanol–water partition coefficient (Wildman–Crippen LogP) is 5.36. The predicted molar refractivity (Wildman–Crippen MR) is 90.4 cm³/mol. The molecule has 1 aliphatic rings. The van der Waals surface area contributed by atoms with E-state index in [0.29, 0.717) is 24.9 Å². The van der Waals surface area contributed by atoms with E-state index in [9.17, 15) is 4.79 Å². The Bertz CT molecular complexity index is 452. The minimum Gasteiger partial charge on any atom is -0.461 e. The summed E-state index contributed by atoms with van der Waals surface area (Å²) in [5.74, 6) is 1.06. The monoisotopic (exact) mass is 302 g/mol. The number of hydrogen-bond acceptors (Lipinski definition) is 2. The van der Waals surface area contributed by atoms with Crippen molar-refractivity contribution in [3.63, 3.8) is 0 Å². The van der Waals surface area contributed by atoms with Crippen molar-refractivity contribution in [2.24, 2.45) is 17.3 Å². The molecule has 0 spiro atoms. The maximum atomic E-state index is 12.3. The van der Waals surface area contributed by atoms with Crippen molar-refractivity contribution in [2.45, 2.75) is 65.9 Å². The number of esters is 1. The standard InChI is InChI=1S/C20H30O2/c1-20(2,3)18(17-12-8-5-9-13-17)14-19(21)22-15-16-10-6-4-7-11-16/h4,6-7,10-11,17-18H,5,8-9,12-15H2,1-3H3/t18-/m0/s1. The van der Waals surface area contributed by atoms with E-state index < -0.39 is 0 Å². The van der Waals surface area contributed by atoms with Crippen LogP contribution in [0.25, 0.3) is 0 Å². The lowest BCUT2D eigenvalue weighted by atomic mass is 9.67. The molecule has 122 valence electrons. The van der Waals surface area contributed by atoms with Crippen LogP contribution in [0.2, 0.25) is 0 Å². The van der Waals surface area contributed by atoms with E-state index in [-0.39, 0.29) is 11.4 Å². The van der Waals surface area contributed by atoms with Gasteiger partial charge in [0.05, 0.1) is 0 Å². The lowest BCUT2D eigenvalue weighted by Crippen LogP contribution is -2.32. The summed E-state index contributed by atoms with van der Waals surface area (Å²) in [6.07, 6.45) is 7.08. The third-order valence-electron chi connectivity index (χ3n) is 4.96. The molecular formula is C20H30O2. The number of carbonyl (C=O) groups excluding carboxylic acids is 1. The first-order valence-corrected chi connectivity index (χ1v) is 8.66. The Morgan fingerprint density at radius 3 is 2.36 bits per heavy atom. The third-order valence-corrected chi connectivity index (χ3v) is 4.96. The first-order chi connectivity index (χ1) is 10.5. The fourth-order valence-electron chi connectivity index (χ4n) is 3.69. The van der Waals surface area contributed by atoms with E-state index in [0.717, 1.165) is 5.56 Å². The van der Waals surface area contributed by atoms with Gasteiger partial charge in [0, 0.05) is 6.42 Å². The lowest BCUT2D eigenvalue weighted by molar-refractivity contribution is -0.148. The van der Waals surface area contributed by atoms with Gasteiger partial charge in [-0.2, -0.15) is 0 Å². The molecule has 1 aromatic rings. The van der Waals surface area contributed by atoms with E-state index in [1.54, 1.807) is 0 Å².